The summed E-state index contributed by atoms with van der Waals surface area (Å²) in [6.07, 6.45) is 1.55. The average molecular weight is 326 g/mol. The summed E-state index contributed by atoms with van der Waals surface area (Å²) in [5.74, 6) is -0.0704. The summed E-state index contributed by atoms with van der Waals surface area (Å²) in [7, 11) is 1.53. The maximum atomic E-state index is 12.6. The van der Waals surface area contributed by atoms with Crippen molar-refractivity contribution in [3.63, 3.8) is 0 Å². The molecule has 0 spiro atoms. The molecule has 1 aliphatic heterocycles. The number of hydrogen-bond donors (Lipinski definition) is 0. The lowest BCUT2D eigenvalue weighted by Crippen LogP contribution is -2.42. The van der Waals surface area contributed by atoms with E-state index in [4.69, 9.17) is 21.1 Å². The molecule has 0 aromatic heterocycles. The second-order valence-electron chi connectivity index (χ2n) is 5.19. The zero-order valence-corrected chi connectivity index (χ0v) is 13.6. The first kappa shape index (κ1) is 16.6. The van der Waals surface area contributed by atoms with Gasteiger partial charge in [0.25, 0.3) is 5.91 Å². The highest BCUT2D eigenvalue weighted by Gasteiger charge is 2.29. The number of amides is 1. The average Bonchev–Trinajstić information content (AvgIpc) is 2.54. The Bertz CT molecular complexity index is 561. The van der Waals surface area contributed by atoms with Crippen molar-refractivity contribution in [3.05, 3.63) is 28.8 Å². The molecule has 22 heavy (non-hydrogen) atoms. The van der Waals surface area contributed by atoms with Crippen LogP contribution in [0.2, 0.25) is 5.02 Å². The Morgan fingerprint density at radius 1 is 1.41 bits per heavy atom. The van der Waals surface area contributed by atoms with E-state index in [9.17, 15) is 9.59 Å². The predicted molar refractivity (Wildman–Crippen MR) is 83.3 cm³/mol. The first-order chi connectivity index (χ1) is 10.6. The SMILES string of the molecule is CCOC(=O)C1CCCN(C(=O)c2ccc(OC)c(Cl)c2)C1. The number of carbonyl (C=O) groups is 2. The van der Waals surface area contributed by atoms with Crippen LogP contribution in [-0.2, 0) is 9.53 Å². The predicted octanol–water partition coefficient (Wildman–Crippen LogP) is 2.76. The van der Waals surface area contributed by atoms with Gasteiger partial charge in [0.2, 0.25) is 0 Å². The minimum absolute atomic E-state index is 0.126. The molecule has 2 rings (SSSR count). The molecule has 0 saturated carbocycles. The Hall–Kier alpha value is -1.75. The Labute approximate surface area is 135 Å². The normalized spacial score (nSPS) is 18.0. The highest BCUT2D eigenvalue weighted by atomic mass is 35.5. The third-order valence-corrected chi connectivity index (χ3v) is 4.02. The van der Waals surface area contributed by atoms with Crippen LogP contribution in [0.1, 0.15) is 30.1 Å². The molecule has 1 heterocycles. The molecule has 0 aliphatic carbocycles. The molecule has 1 amide bonds. The fourth-order valence-corrected chi connectivity index (χ4v) is 2.85. The molecule has 1 saturated heterocycles. The van der Waals surface area contributed by atoms with Crippen molar-refractivity contribution in [2.75, 3.05) is 26.8 Å². The highest BCUT2D eigenvalue weighted by Crippen LogP contribution is 2.26. The fraction of sp³-hybridized carbons (Fsp3) is 0.500. The van der Waals surface area contributed by atoms with Gasteiger partial charge in [0.05, 0.1) is 24.7 Å². The van der Waals surface area contributed by atoms with Crippen LogP contribution in [0.5, 0.6) is 5.75 Å². The molecular weight excluding hydrogens is 306 g/mol. The van der Waals surface area contributed by atoms with E-state index in [2.05, 4.69) is 0 Å². The van der Waals surface area contributed by atoms with Gasteiger partial charge in [0.1, 0.15) is 5.75 Å². The Balaban J connectivity index is 2.08. The minimum atomic E-state index is -0.244. The van der Waals surface area contributed by atoms with E-state index in [0.29, 0.717) is 36.0 Å². The molecular formula is C16H20ClNO4. The molecule has 1 aliphatic rings. The van der Waals surface area contributed by atoms with Gasteiger partial charge in [-0.2, -0.15) is 0 Å². The fourth-order valence-electron chi connectivity index (χ4n) is 2.60. The van der Waals surface area contributed by atoms with Crippen LogP contribution < -0.4 is 4.74 Å². The van der Waals surface area contributed by atoms with Crippen LogP contribution in [0.4, 0.5) is 0 Å². The van der Waals surface area contributed by atoms with Crippen molar-refractivity contribution in [1.82, 2.24) is 4.90 Å². The maximum absolute atomic E-state index is 12.6. The summed E-state index contributed by atoms with van der Waals surface area (Å²) in [5, 5.41) is 0.396. The molecule has 0 radical (unpaired) electrons. The quantitative estimate of drug-likeness (QED) is 0.799. The first-order valence-electron chi connectivity index (χ1n) is 7.36. The van der Waals surface area contributed by atoms with Gasteiger partial charge in [-0.1, -0.05) is 11.6 Å². The van der Waals surface area contributed by atoms with Crippen molar-refractivity contribution in [1.29, 1.82) is 0 Å². The summed E-state index contributed by atoms with van der Waals surface area (Å²) >= 11 is 6.06. The second-order valence-corrected chi connectivity index (χ2v) is 5.60. The summed E-state index contributed by atoms with van der Waals surface area (Å²) in [4.78, 5) is 26.1. The number of nitrogens with zero attached hydrogens (tertiary/aromatic N) is 1. The number of likely N-dealkylation sites (tertiary alicyclic amines) is 1. The van der Waals surface area contributed by atoms with Crippen LogP contribution in [0.25, 0.3) is 0 Å². The van der Waals surface area contributed by atoms with Crippen molar-refractivity contribution in [2.24, 2.45) is 5.92 Å². The lowest BCUT2D eigenvalue weighted by molar-refractivity contribution is -0.149. The zero-order valence-electron chi connectivity index (χ0n) is 12.8. The number of methoxy groups -OCH3 is 1. The number of esters is 1. The van der Waals surface area contributed by atoms with Crippen molar-refractivity contribution >= 4 is 23.5 Å². The van der Waals surface area contributed by atoms with Gasteiger partial charge in [-0.05, 0) is 38.0 Å². The minimum Gasteiger partial charge on any atom is -0.495 e. The summed E-state index contributed by atoms with van der Waals surface area (Å²) in [5.41, 5.74) is 0.496. The van der Waals surface area contributed by atoms with E-state index in [1.54, 1.807) is 30.0 Å². The number of piperidine rings is 1. The van der Waals surface area contributed by atoms with Gasteiger partial charge >= 0.3 is 5.97 Å². The molecule has 1 aromatic rings. The summed E-state index contributed by atoms with van der Waals surface area (Å²) < 4.78 is 10.1. The summed E-state index contributed by atoms with van der Waals surface area (Å²) in [6, 6.07) is 4.94. The third kappa shape index (κ3) is 3.71. The van der Waals surface area contributed by atoms with E-state index < -0.39 is 0 Å². The standard InChI is InChI=1S/C16H20ClNO4/c1-3-22-16(20)12-5-4-8-18(10-12)15(19)11-6-7-14(21-2)13(17)9-11/h6-7,9,12H,3-5,8,10H2,1-2H3. The van der Waals surface area contributed by atoms with Gasteiger partial charge in [-0.25, -0.2) is 0 Å². The van der Waals surface area contributed by atoms with E-state index in [-0.39, 0.29) is 17.8 Å². The molecule has 1 atom stereocenters. The third-order valence-electron chi connectivity index (χ3n) is 3.73. The zero-order chi connectivity index (χ0) is 16.1. The van der Waals surface area contributed by atoms with Crippen LogP contribution in [0.3, 0.4) is 0 Å². The van der Waals surface area contributed by atoms with Crippen LogP contribution >= 0.6 is 11.6 Å². The van der Waals surface area contributed by atoms with Gasteiger partial charge < -0.3 is 14.4 Å². The molecule has 0 bridgehead atoms. The van der Waals surface area contributed by atoms with E-state index >= 15 is 0 Å². The number of rotatable bonds is 4. The topological polar surface area (TPSA) is 55.8 Å². The van der Waals surface area contributed by atoms with Crippen LogP contribution in [0.15, 0.2) is 18.2 Å². The van der Waals surface area contributed by atoms with Gasteiger partial charge in [0.15, 0.2) is 0 Å². The van der Waals surface area contributed by atoms with Gasteiger partial charge in [-0.15, -0.1) is 0 Å². The maximum Gasteiger partial charge on any atom is 0.310 e. The number of carbonyl (C=O) groups excluding carboxylic acids is 2. The van der Waals surface area contributed by atoms with E-state index in [1.807, 2.05) is 0 Å². The number of halogens is 1. The Morgan fingerprint density at radius 3 is 2.82 bits per heavy atom. The molecule has 1 aromatic carbocycles. The smallest absolute Gasteiger partial charge is 0.310 e. The largest absolute Gasteiger partial charge is 0.495 e. The molecule has 0 N–H and O–H groups in total. The Morgan fingerprint density at radius 2 is 2.18 bits per heavy atom. The van der Waals surface area contributed by atoms with Crippen LogP contribution in [-0.4, -0.2) is 43.6 Å². The number of ether oxygens (including phenoxy) is 2. The molecule has 120 valence electrons. The van der Waals surface area contributed by atoms with Gasteiger partial charge in [-0.3, -0.25) is 9.59 Å². The first-order valence-corrected chi connectivity index (χ1v) is 7.74. The number of benzene rings is 1. The lowest BCUT2D eigenvalue weighted by Gasteiger charge is -2.31. The van der Waals surface area contributed by atoms with Crippen LogP contribution in [0, 0.1) is 5.92 Å². The highest BCUT2D eigenvalue weighted by molar-refractivity contribution is 6.32. The molecule has 1 fully saturated rings. The Kier molecular flexibility index (Phi) is 5.66. The monoisotopic (exact) mass is 325 g/mol. The second kappa shape index (κ2) is 7.49. The summed E-state index contributed by atoms with van der Waals surface area (Å²) in [6.45, 7) is 3.17. The van der Waals surface area contributed by atoms with Gasteiger partial charge in [0, 0.05) is 18.7 Å². The number of hydrogen-bond acceptors (Lipinski definition) is 4. The lowest BCUT2D eigenvalue weighted by atomic mass is 9.97. The van der Waals surface area contributed by atoms with Crippen molar-refractivity contribution in [2.45, 2.75) is 19.8 Å². The molecule has 5 nitrogen and oxygen atoms in total. The molecule has 1 unspecified atom stereocenters. The van der Waals surface area contributed by atoms with E-state index in [0.717, 1.165) is 12.8 Å². The molecule has 6 heteroatoms. The van der Waals surface area contributed by atoms with Crippen molar-refractivity contribution in [3.8, 4) is 5.75 Å². The van der Waals surface area contributed by atoms with E-state index in [1.165, 1.54) is 7.11 Å². The van der Waals surface area contributed by atoms with Crippen molar-refractivity contribution < 1.29 is 19.1 Å².